The highest BCUT2D eigenvalue weighted by atomic mass is 127. The van der Waals surface area contributed by atoms with Gasteiger partial charge in [0.15, 0.2) is 0 Å². The molecule has 0 bridgehead atoms. The third kappa shape index (κ3) is 3.92. The number of fused-ring (bicyclic) bond motifs is 3. The summed E-state index contributed by atoms with van der Waals surface area (Å²) < 4.78 is 1.24. The summed E-state index contributed by atoms with van der Waals surface area (Å²) in [6.45, 7) is 11.1. The van der Waals surface area contributed by atoms with Crippen molar-refractivity contribution in [3.05, 3.63) is 153 Å². The molecule has 1 aliphatic carbocycles. The molecule has 0 N–H and O–H groups in total. The molecule has 5 rings (SSSR count). The summed E-state index contributed by atoms with van der Waals surface area (Å²) in [6.07, 6.45) is 6.52. The molecular weight excluding hydrogens is 535 g/mol. The zero-order valence-corrected chi connectivity index (χ0v) is 22.6. The van der Waals surface area contributed by atoms with Gasteiger partial charge < -0.3 is 0 Å². The number of halogens is 1. The summed E-state index contributed by atoms with van der Waals surface area (Å²) in [4.78, 5) is 0. The van der Waals surface area contributed by atoms with Gasteiger partial charge in [-0.3, -0.25) is 0 Å². The zero-order valence-electron chi connectivity index (χ0n) is 20.5. The highest BCUT2D eigenvalue weighted by molar-refractivity contribution is 14.1. The first kappa shape index (κ1) is 23.6. The molecule has 1 atom stereocenters. The second-order valence-corrected chi connectivity index (χ2v) is 10.5. The van der Waals surface area contributed by atoms with E-state index in [1.54, 1.807) is 0 Å². The lowest BCUT2D eigenvalue weighted by atomic mass is 9.67. The number of allylic oxidation sites excluding steroid dienone is 5. The van der Waals surface area contributed by atoms with E-state index in [0.29, 0.717) is 0 Å². The molecule has 0 fully saturated rings. The van der Waals surface area contributed by atoms with Crippen molar-refractivity contribution in [2.75, 3.05) is 0 Å². The first-order chi connectivity index (χ1) is 17.0. The maximum atomic E-state index is 4.71. The van der Waals surface area contributed by atoms with Crippen molar-refractivity contribution < 1.29 is 0 Å². The smallest absolute Gasteiger partial charge is 0.0708 e. The Balaban J connectivity index is 1.87. The fourth-order valence-corrected chi connectivity index (χ4v) is 5.66. The van der Waals surface area contributed by atoms with Crippen LogP contribution in [-0.4, -0.2) is 0 Å². The second kappa shape index (κ2) is 9.47. The molecule has 0 amide bonds. The molecule has 1 unspecified atom stereocenters. The Hall–Kier alpha value is -3.17. The molecule has 0 spiro atoms. The number of rotatable bonds is 5. The summed E-state index contributed by atoms with van der Waals surface area (Å²) >= 11 is 2.37. The Kier molecular flexibility index (Phi) is 6.37. The minimum atomic E-state index is -0.455. The number of benzene rings is 4. The molecule has 35 heavy (non-hydrogen) atoms. The van der Waals surface area contributed by atoms with E-state index >= 15 is 0 Å². The van der Waals surface area contributed by atoms with Gasteiger partial charge in [-0.25, -0.2) is 0 Å². The molecule has 0 saturated heterocycles. The van der Waals surface area contributed by atoms with Crippen molar-refractivity contribution in [3.8, 4) is 22.3 Å². The summed E-state index contributed by atoms with van der Waals surface area (Å²) in [6, 6.07) is 33.5. The molecule has 1 heteroatoms. The fourth-order valence-electron chi connectivity index (χ4n) is 5.30. The van der Waals surface area contributed by atoms with Gasteiger partial charge in [0.2, 0.25) is 0 Å². The molecule has 0 saturated carbocycles. The predicted molar refractivity (Wildman–Crippen MR) is 159 cm³/mol. The minimum absolute atomic E-state index is 0.455. The molecule has 0 aromatic heterocycles. The van der Waals surface area contributed by atoms with Crippen LogP contribution in [0.25, 0.3) is 22.3 Å². The second-order valence-electron chi connectivity index (χ2n) is 9.29. The Bertz CT molecular complexity index is 1470. The normalized spacial score (nSPS) is 16.9. The summed E-state index contributed by atoms with van der Waals surface area (Å²) in [5.74, 6) is 0. The van der Waals surface area contributed by atoms with Crippen LogP contribution in [0.3, 0.4) is 0 Å². The van der Waals surface area contributed by atoms with Crippen LogP contribution >= 0.6 is 22.6 Å². The van der Waals surface area contributed by atoms with Crippen LogP contribution in [0.1, 0.15) is 36.1 Å². The SMILES string of the molecule is C=C(/C=C\C(C)=C/C)C1(c2ccc(C)cc2)c2ccccc2-c2c(-c3ccc(I)cc3)cccc21. The van der Waals surface area contributed by atoms with Gasteiger partial charge in [0, 0.05) is 3.57 Å². The van der Waals surface area contributed by atoms with E-state index in [-0.39, 0.29) is 0 Å². The van der Waals surface area contributed by atoms with Crippen LogP contribution in [0.2, 0.25) is 0 Å². The fraction of sp³-hybridized carbons (Fsp3) is 0.118. The number of hydrogen-bond donors (Lipinski definition) is 0. The van der Waals surface area contributed by atoms with Gasteiger partial charge >= 0.3 is 0 Å². The molecule has 0 aliphatic heterocycles. The van der Waals surface area contributed by atoms with Crippen molar-refractivity contribution in [1.82, 2.24) is 0 Å². The van der Waals surface area contributed by atoms with E-state index in [9.17, 15) is 0 Å². The number of hydrogen-bond acceptors (Lipinski definition) is 0. The molecule has 1 aliphatic rings. The van der Waals surface area contributed by atoms with E-state index in [4.69, 9.17) is 6.58 Å². The average Bonchev–Trinajstić information content (AvgIpc) is 3.19. The number of aryl methyl sites for hydroxylation is 1. The van der Waals surface area contributed by atoms with E-state index in [1.165, 1.54) is 53.7 Å². The van der Waals surface area contributed by atoms with Gasteiger partial charge in [0.25, 0.3) is 0 Å². The van der Waals surface area contributed by atoms with Crippen LogP contribution in [0.4, 0.5) is 0 Å². The summed E-state index contributed by atoms with van der Waals surface area (Å²) in [5.41, 5.74) is 12.1. The lowest BCUT2D eigenvalue weighted by molar-refractivity contribution is 0.770. The van der Waals surface area contributed by atoms with E-state index < -0.39 is 5.41 Å². The lowest BCUT2D eigenvalue weighted by Crippen LogP contribution is -2.28. The first-order valence-corrected chi connectivity index (χ1v) is 13.1. The monoisotopic (exact) mass is 564 g/mol. The van der Waals surface area contributed by atoms with Crippen LogP contribution in [-0.2, 0) is 5.41 Å². The van der Waals surface area contributed by atoms with Crippen molar-refractivity contribution >= 4 is 22.6 Å². The third-order valence-electron chi connectivity index (χ3n) is 7.19. The molecular formula is C34H29I. The topological polar surface area (TPSA) is 0 Å². The van der Waals surface area contributed by atoms with Crippen molar-refractivity contribution in [1.29, 1.82) is 0 Å². The largest absolute Gasteiger partial charge is 0.0942 e. The van der Waals surface area contributed by atoms with Crippen LogP contribution < -0.4 is 0 Å². The standard InChI is InChI=1S/C34H29I/c1-5-23(2)13-16-25(4)34(27-19-14-24(3)15-20-27)31-11-7-6-9-30(31)33-29(10-8-12-32(33)34)26-17-21-28(35)22-18-26/h5-22H,4H2,1-3H3/b16-13-,23-5-. The van der Waals surface area contributed by atoms with E-state index in [2.05, 4.69) is 153 Å². The van der Waals surface area contributed by atoms with Crippen LogP contribution in [0.5, 0.6) is 0 Å². The molecule has 4 aromatic rings. The van der Waals surface area contributed by atoms with Crippen molar-refractivity contribution in [3.63, 3.8) is 0 Å². The molecule has 4 aromatic carbocycles. The van der Waals surface area contributed by atoms with E-state index in [1.807, 2.05) is 0 Å². The third-order valence-corrected chi connectivity index (χ3v) is 7.91. The predicted octanol–water partition coefficient (Wildman–Crippen LogP) is 9.66. The Morgan fingerprint density at radius 2 is 1.43 bits per heavy atom. The summed E-state index contributed by atoms with van der Waals surface area (Å²) in [5, 5.41) is 0. The Labute approximate surface area is 222 Å². The molecule has 0 nitrogen and oxygen atoms in total. The quantitative estimate of drug-likeness (QED) is 0.167. The maximum absolute atomic E-state index is 4.71. The Morgan fingerprint density at radius 3 is 2.14 bits per heavy atom. The highest BCUT2D eigenvalue weighted by Crippen LogP contribution is 2.58. The molecule has 0 heterocycles. The van der Waals surface area contributed by atoms with E-state index in [0.717, 1.165) is 5.57 Å². The zero-order chi connectivity index (χ0) is 24.6. The first-order valence-electron chi connectivity index (χ1n) is 12.0. The average molecular weight is 565 g/mol. The van der Waals surface area contributed by atoms with Crippen molar-refractivity contribution in [2.45, 2.75) is 26.2 Å². The highest BCUT2D eigenvalue weighted by Gasteiger charge is 2.46. The van der Waals surface area contributed by atoms with Crippen LogP contribution in [0, 0.1) is 10.5 Å². The minimum Gasteiger partial charge on any atom is -0.0942 e. The van der Waals surface area contributed by atoms with Gasteiger partial charge in [-0.2, -0.15) is 0 Å². The van der Waals surface area contributed by atoms with Gasteiger partial charge in [-0.1, -0.05) is 115 Å². The Morgan fingerprint density at radius 1 is 0.771 bits per heavy atom. The van der Waals surface area contributed by atoms with Gasteiger partial charge in [-0.15, -0.1) is 0 Å². The summed E-state index contributed by atoms with van der Waals surface area (Å²) in [7, 11) is 0. The lowest BCUT2D eigenvalue weighted by Gasteiger charge is -2.34. The van der Waals surface area contributed by atoms with Crippen LogP contribution in [0.15, 0.2) is 127 Å². The maximum Gasteiger partial charge on any atom is 0.0708 e. The molecule has 172 valence electrons. The molecule has 0 radical (unpaired) electrons. The van der Waals surface area contributed by atoms with Gasteiger partial charge in [0.05, 0.1) is 5.41 Å². The van der Waals surface area contributed by atoms with Gasteiger partial charge in [0.1, 0.15) is 0 Å². The van der Waals surface area contributed by atoms with Gasteiger partial charge in [-0.05, 0) is 100 Å². The van der Waals surface area contributed by atoms with Crippen molar-refractivity contribution in [2.24, 2.45) is 0 Å².